The van der Waals surface area contributed by atoms with E-state index < -0.39 is 16.1 Å². The number of nitrogens with zero attached hydrogens (tertiary/aromatic N) is 1. The molecule has 7 heteroatoms. The lowest BCUT2D eigenvalue weighted by Crippen LogP contribution is -2.50. The van der Waals surface area contributed by atoms with Gasteiger partial charge in [0.05, 0.1) is 18.5 Å². The molecule has 6 nitrogen and oxygen atoms in total. The highest BCUT2D eigenvalue weighted by molar-refractivity contribution is 7.92. The summed E-state index contributed by atoms with van der Waals surface area (Å²) in [4.78, 5) is 12.8. The summed E-state index contributed by atoms with van der Waals surface area (Å²) in [7, 11) is -3.63. The number of carbonyl (C=O) groups excluding carboxylic acids is 1. The summed E-state index contributed by atoms with van der Waals surface area (Å²) in [5, 5.41) is 2.80. The Bertz CT molecular complexity index is 940. The average molecular weight is 419 g/mol. The van der Waals surface area contributed by atoms with E-state index in [1.807, 2.05) is 51.1 Å². The predicted molar refractivity (Wildman–Crippen MR) is 117 cm³/mol. The molecule has 0 aliphatic carbocycles. The molecule has 2 aromatic rings. The molecule has 0 heterocycles. The molecule has 0 bridgehead atoms. The minimum absolute atomic E-state index is 0.286. The smallest absolute Gasteiger partial charge is 0.244 e. The monoisotopic (exact) mass is 418 g/mol. The number of hydrogen-bond acceptors (Lipinski definition) is 4. The molecule has 1 N–H and O–H groups in total. The van der Waals surface area contributed by atoms with E-state index in [4.69, 9.17) is 4.74 Å². The summed E-state index contributed by atoms with van der Waals surface area (Å²) in [6.45, 7) is 8.31. The van der Waals surface area contributed by atoms with Gasteiger partial charge in [-0.25, -0.2) is 8.42 Å². The van der Waals surface area contributed by atoms with E-state index in [1.165, 1.54) is 4.31 Å². The second-order valence-corrected chi connectivity index (χ2v) is 9.02. The lowest BCUT2D eigenvalue weighted by molar-refractivity contribution is -0.122. The molecular formula is C22H30N2O4S. The molecule has 0 aliphatic heterocycles. The molecule has 0 spiro atoms. The molecule has 158 valence electrons. The van der Waals surface area contributed by atoms with E-state index in [0.29, 0.717) is 18.7 Å². The summed E-state index contributed by atoms with van der Waals surface area (Å²) in [5.74, 6) is 0.437. The van der Waals surface area contributed by atoms with Crippen molar-refractivity contribution in [2.45, 2.75) is 40.2 Å². The van der Waals surface area contributed by atoms with Gasteiger partial charge in [-0.15, -0.1) is 0 Å². The Labute approximate surface area is 173 Å². The third-order valence-corrected chi connectivity index (χ3v) is 6.01. The van der Waals surface area contributed by atoms with Gasteiger partial charge in [0.1, 0.15) is 18.4 Å². The van der Waals surface area contributed by atoms with Crippen LogP contribution >= 0.6 is 0 Å². The summed E-state index contributed by atoms with van der Waals surface area (Å²) in [6, 6.07) is 12.1. The van der Waals surface area contributed by atoms with Crippen LogP contribution in [0.4, 0.5) is 5.69 Å². The predicted octanol–water partition coefficient (Wildman–Crippen LogP) is 3.35. The Morgan fingerprint density at radius 1 is 1.10 bits per heavy atom. The fourth-order valence-corrected chi connectivity index (χ4v) is 4.30. The molecule has 2 rings (SSSR count). The summed E-state index contributed by atoms with van der Waals surface area (Å²) < 4.78 is 31.8. The molecule has 0 unspecified atom stereocenters. The fourth-order valence-electron chi connectivity index (χ4n) is 3.09. The van der Waals surface area contributed by atoms with Gasteiger partial charge < -0.3 is 10.1 Å². The number of nitrogens with one attached hydrogen (secondary N) is 1. The number of benzene rings is 2. The van der Waals surface area contributed by atoms with Crippen LogP contribution in [0.3, 0.4) is 0 Å². The number of amides is 1. The molecule has 2 aromatic carbocycles. The summed E-state index contributed by atoms with van der Waals surface area (Å²) in [5.41, 5.74) is 3.70. The van der Waals surface area contributed by atoms with E-state index in [2.05, 4.69) is 5.32 Å². The lowest BCUT2D eigenvalue weighted by atomic mass is 10.1. The van der Waals surface area contributed by atoms with E-state index >= 15 is 0 Å². The maximum atomic E-state index is 12.8. The molecule has 1 atom stereocenters. The van der Waals surface area contributed by atoms with Crippen LogP contribution in [-0.2, 0) is 14.8 Å². The number of ether oxygens (including phenoxy) is 1. The number of aryl methyl sites for hydroxylation is 2. The lowest BCUT2D eigenvalue weighted by Gasteiger charge is -2.30. The average Bonchev–Trinajstić information content (AvgIpc) is 2.66. The van der Waals surface area contributed by atoms with Crippen molar-refractivity contribution in [3.63, 3.8) is 0 Å². The number of carbonyl (C=O) groups is 1. The van der Waals surface area contributed by atoms with Crippen molar-refractivity contribution in [2.24, 2.45) is 0 Å². The first-order chi connectivity index (χ1) is 13.6. The van der Waals surface area contributed by atoms with Crippen molar-refractivity contribution in [3.8, 4) is 5.75 Å². The molecule has 0 saturated heterocycles. The van der Waals surface area contributed by atoms with Crippen molar-refractivity contribution in [1.29, 1.82) is 0 Å². The molecule has 29 heavy (non-hydrogen) atoms. The summed E-state index contributed by atoms with van der Waals surface area (Å²) in [6.07, 6.45) is 1.47. The van der Waals surface area contributed by atoms with Gasteiger partial charge in [0.25, 0.3) is 0 Å². The van der Waals surface area contributed by atoms with Gasteiger partial charge in [0.15, 0.2) is 0 Å². The molecule has 1 amide bonds. The number of sulfonamides is 1. The van der Waals surface area contributed by atoms with Crippen LogP contribution < -0.4 is 14.4 Å². The third-order valence-electron chi connectivity index (χ3n) is 4.83. The van der Waals surface area contributed by atoms with Crippen LogP contribution in [0.5, 0.6) is 5.75 Å². The number of hydrogen-bond donors (Lipinski definition) is 1. The van der Waals surface area contributed by atoms with E-state index in [0.717, 1.165) is 28.7 Å². The highest BCUT2D eigenvalue weighted by atomic mass is 32.2. The van der Waals surface area contributed by atoms with Crippen molar-refractivity contribution < 1.29 is 17.9 Å². The standard InChI is InChI=1S/C22H30N2O4S/c1-6-20(24(29(5,26)27)19-12-10-16(2)11-13-19)22(25)23-14-15-28-21-9-7-8-17(3)18(21)4/h7-13,20H,6,14-15H2,1-5H3,(H,23,25)/t20-/m1/s1. The van der Waals surface area contributed by atoms with Gasteiger partial charge in [-0.05, 0) is 56.5 Å². The Morgan fingerprint density at radius 2 is 1.76 bits per heavy atom. The van der Waals surface area contributed by atoms with Gasteiger partial charge in [0.2, 0.25) is 15.9 Å². The van der Waals surface area contributed by atoms with Crippen LogP contribution in [0.1, 0.15) is 30.0 Å². The Kier molecular flexibility index (Phi) is 7.67. The SMILES string of the molecule is CC[C@H](C(=O)NCCOc1cccc(C)c1C)N(c1ccc(C)cc1)S(C)(=O)=O. The van der Waals surface area contributed by atoms with Crippen molar-refractivity contribution in [2.75, 3.05) is 23.7 Å². The van der Waals surface area contributed by atoms with Crippen LogP contribution in [0.15, 0.2) is 42.5 Å². The second kappa shape index (κ2) is 9.78. The van der Waals surface area contributed by atoms with Crippen LogP contribution in [0.2, 0.25) is 0 Å². The van der Waals surface area contributed by atoms with Gasteiger partial charge >= 0.3 is 0 Å². The maximum Gasteiger partial charge on any atom is 0.244 e. The zero-order valence-electron chi connectivity index (χ0n) is 17.7. The van der Waals surface area contributed by atoms with Crippen LogP contribution in [0.25, 0.3) is 0 Å². The Hall–Kier alpha value is -2.54. The van der Waals surface area contributed by atoms with Gasteiger partial charge in [0, 0.05) is 0 Å². The first-order valence-electron chi connectivity index (χ1n) is 9.68. The normalized spacial score (nSPS) is 12.3. The quantitative estimate of drug-likeness (QED) is 0.634. The zero-order valence-corrected chi connectivity index (χ0v) is 18.5. The highest BCUT2D eigenvalue weighted by Crippen LogP contribution is 2.23. The Morgan fingerprint density at radius 3 is 2.34 bits per heavy atom. The van der Waals surface area contributed by atoms with Gasteiger partial charge in [-0.3, -0.25) is 9.10 Å². The first kappa shape index (κ1) is 22.7. The van der Waals surface area contributed by atoms with Gasteiger partial charge in [-0.1, -0.05) is 36.8 Å². The number of anilines is 1. The molecule has 0 saturated carbocycles. The molecule has 0 aliphatic rings. The molecular weight excluding hydrogens is 388 g/mol. The largest absolute Gasteiger partial charge is 0.491 e. The van der Waals surface area contributed by atoms with Crippen molar-refractivity contribution >= 4 is 21.6 Å². The van der Waals surface area contributed by atoms with Crippen LogP contribution in [-0.4, -0.2) is 39.8 Å². The van der Waals surface area contributed by atoms with E-state index in [9.17, 15) is 13.2 Å². The topological polar surface area (TPSA) is 75.7 Å². The fraction of sp³-hybridized carbons (Fsp3) is 0.409. The van der Waals surface area contributed by atoms with E-state index in [-0.39, 0.29) is 12.5 Å². The third kappa shape index (κ3) is 5.97. The number of rotatable bonds is 9. The van der Waals surface area contributed by atoms with E-state index in [1.54, 1.807) is 19.1 Å². The highest BCUT2D eigenvalue weighted by Gasteiger charge is 2.31. The minimum Gasteiger partial charge on any atom is -0.491 e. The maximum absolute atomic E-state index is 12.8. The minimum atomic E-state index is -3.63. The summed E-state index contributed by atoms with van der Waals surface area (Å²) >= 11 is 0. The molecule has 0 radical (unpaired) electrons. The van der Waals surface area contributed by atoms with Gasteiger partial charge in [-0.2, -0.15) is 0 Å². The molecule has 0 fully saturated rings. The zero-order chi connectivity index (χ0) is 21.6. The van der Waals surface area contributed by atoms with Crippen molar-refractivity contribution in [1.82, 2.24) is 5.32 Å². The van der Waals surface area contributed by atoms with Crippen LogP contribution in [0, 0.1) is 20.8 Å². The Balaban J connectivity index is 2.05. The second-order valence-electron chi connectivity index (χ2n) is 7.16. The van der Waals surface area contributed by atoms with Crippen molar-refractivity contribution in [3.05, 3.63) is 59.2 Å². The molecule has 0 aromatic heterocycles. The first-order valence-corrected chi connectivity index (χ1v) is 11.5.